The minimum absolute atomic E-state index is 0.0216. The molecule has 10 heteroatoms. The van der Waals surface area contributed by atoms with Crippen LogP contribution in [0.2, 0.25) is 0 Å². The highest BCUT2D eigenvalue weighted by atomic mass is 32.2. The van der Waals surface area contributed by atoms with Gasteiger partial charge in [-0.2, -0.15) is 0 Å². The van der Waals surface area contributed by atoms with Crippen LogP contribution < -0.4 is 4.90 Å². The molecule has 1 fully saturated rings. The minimum Gasteiger partial charge on any atom is -0.284 e. The summed E-state index contributed by atoms with van der Waals surface area (Å²) in [5.41, 5.74) is 1.16. The molecule has 0 bridgehead atoms. The van der Waals surface area contributed by atoms with E-state index in [1.54, 1.807) is 34.5 Å². The molecule has 1 amide bonds. The average molecular weight is 446 g/mol. The van der Waals surface area contributed by atoms with Crippen LogP contribution in [0.5, 0.6) is 0 Å². The second-order valence-electron chi connectivity index (χ2n) is 6.46. The Hall–Kier alpha value is -1.88. The van der Waals surface area contributed by atoms with Crippen LogP contribution in [-0.4, -0.2) is 32.1 Å². The maximum Gasteiger partial charge on any atom is 0.225 e. The Bertz CT molecular complexity index is 1160. The summed E-state index contributed by atoms with van der Waals surface area (Å²) >= 11 is 6.28. The summed E-state index contributed by atoms with van der Waals surface area (Å²) in [7, 11) is 0. The van der Waals surface area contributed by atoms with Gasteiger partial charge in [-0.3, -0.25) is 9.69 Å². The van der Waals surface area contributed by atoms with Crippen molar-refractivity contribution in [3.05, 3.63) is 28.7 Å². The molecule has 0 radical (unpaired) electrons. The monoisotopic (exact) mass is 445 g/mol. The quantitative estimate of drug-likeness (QED) is 0.309. The molecule has 0 aromatic carbocycles. The van der Waals surface area contributed by atoms with Gasteiger partial charge in [0.25, 0.3) is 0 Å². The molecule has 5 rings (SSSR count). The number of carbonyl (C=O) groups is 1. The van der Waals surface area contributed by atoms with Crippen molar-refractivity contribution in [3.8, 4) is 10.4 Å². The first-order valence-corrected chi connectivity index (χ1v) is 12.1. The predicted molar refractivity (Wildman–Crippen MR) is 116 cm³/mol. The number of hydrogen-bond acceptors (Lipinski definition) is 9. The average Bonchev–Trinajstić information content (AvgIpc) is 3.04. The second-order valence-corrected chi connectivity index (χ2v) is 10.5. The van der Waals surface area contributed by atoms with E-state index in [0.717, 1.165) is 43.8 Å². The van der Waals surface area contributed by atoms with Crippen LogP contribution in [0.4, 0.5) is 5.13 Å². The van der Waals surface area contributed by atoms with E-state index < -0.39 is 0 Å². The molecule has 28 heavy (non-hydrogen) atoms. The number of thiophene rings is 2. The molecule has 142 valence electrons. The summed E-state index contributed by atoms with van der Waals surface area (Å²) in [6.07, 6.45) is 2.07. The Kier molecular flexibility index (Phi) is 4.66. The van der Waals surface area contributed by atoms with Crippen molar-refractivity contribution < 1.29 is 4.79 Å². The van der Waals surface area contributed by atoms with Gasteiger partial charge in [-0.25, -0.2) is 9.97 Å². The number of rotatable bonds is 5. The van der Waals surface area contributed by atoms with Crippen molar-refractivity contribution in [2.45, 2.75) is 42.1 Å². The number of nitrogens with zero attached hydrogens (tertiary/aromatic N) is 5. The number of aryl methyl sites for hydroxylation is 1. The maximum atomic E-state index is 12.0. The summed E-state index contributed by atoms with van der Waals surface area (Å²) in [6, 6.07) is 4.44. The van der Waals surface area contributed by atoms with Crippen LogP contribution in [0.3, 0.4) is 0 Å². The van der Waals surface area contributed by atoms with Crippen LogP contribution in [0.25, 0.3) is 20.7 Å². The van der Waals surface area contributed by atoms with E-state index in [9.17, 15) is 4.79 Å². The van der Waals surface area contributed by atoms with Crippen molar-refractivity contribution in [2.24, 2.45) is 0 Å². The molecule has 0 unspecified atom stereocenters. The molecule has 0 saturated heterocycles. The van der Waals surface area contributed by atoms with Gasteiger partial charge < -0.3 is 0 Å². The Morgan fingerprint density at radius 3 is 2.82 bits per heavy atom. The first-order chi connectivity index (χ1) is 13.6. The van der Waals surface area contributed by atoms with Crippen LogP contribution in [0.15, 0.2) is 32.3 Å². The topological polar surface area (TPSA) is 71.9 Å². The van der Waals surface area contributed by atoms with E-state index in [4.69, 9.17) is 4.98 Å². The number of carbonyl (C=O) groups excluding carboxylic acids is 1. The molecular weight excluding hydrogens is 431 g/mol. The van der Waals surface area contributed by atoms with Crippen molar-refractivity contribution >= 4 is 67.0 Å². The first kappa shape index (κ1) is 18.2. The minimum atomic E-state index is 0.0216. The zero-order valence-corrected chi connectivity index (χ0v) is 18.3. The van der Waals surface area contributed by atoms with Crippen LogP contribution in [0.1, 0.15) is 25.6 Å². The number of hydrogen-bond donors (Lipinski definition) is 0. The smallest absolute Gasteiger partial charge is 0.225 e. The zero-order valence-electron chi connectivity index (χ0n) is 15.1. The predicted octanol–water partition coefficient (Wildman–Crippen LogP) is 5.25. The van der Waals surface area contributed by atoms with Crippen molar-refractivity contribution in [1.82, 2.24) is 20.2 Å². The highest BCUT2D eigenvalue weighted by Crippen LogP contribution is 2.43. The Balaban J connectivity index is 1.53. The van der Waals surface area contributed by atoms with E-state index in [-0.39, 0.29) is 11.9 Å². The van der Waals surface area contributed by atoms with Gasteiger partial charge in [0.05, 0.1) is 5.39 Å². The normalized spacial score (nSPS) is 13.9. The lowest BCUT2D eigenvalue weighted by Gasteiger charge is -2.15. The molecule has 4 heterocycles. The Morgan fingerprint density at radius 1 is 1.25 bits per heavy atom. The molecule has 4 aromatic rings. The lowest BCUT2D eigenvalue weighted by atomic mass is 10.2. The molecule has 0 aliphatic heterocycles. The van der Waals surface area contributed by atoms with E-state index in [1.807, 2.05) is 6.92 Å². The highest BCUT2D eigenvalue weighted by Gasteiger charge is 2.34. The van der Waals surface area contributed by atoms with Gasteiger partial charge in [0.2, 0.25) is 11.0 Å². The summed E-state index contributed by atoms with van der Waals surface area (Å²) in [6.45, 7) is 3.49. The Labute approximate surface area is 177 Å². The molecule has 1 aliphatic carbocycles. The second kappa shape index (κ2) is 7.18. The first-order valence-electron chi connectivity index (χ1n) is 8.71. The van der Waals surface area contributed by atoms with Crippen molar-refractivity contribution in [3.63, 3.8) is 0 Å². The molecular formula is C18H15N5OS4. The molecule has 0 atom stereocenters. The van der Waals surface area contributed by atoms with Gasteiger partial charge in [0, 0.05) is 28.8 Å². The van der Waals surface area contributed by atoms with Crippen LogP contribution in [0, 0.1) is 6.92 Å². The maximum absolute atomic E-state index is 12.0. The highest BCUT2D eigenvalue weighted by molar-refractivity contribution is 8.01. The van der Waals surface area contributed by atoms with Gasteiger partial charge in [-0.1, -0.05) is 17.4 Å². The molecule has 6 nitrogen and oxygen atoms in total. The van der Waals surface area contributed by atoms with E-state index in [1.165, 1.54) is 28.0 Å². The molecule has 0 spiro atoms. The Morgan fingerprint density at radius 2 is 2.11 bits per heavy atom. The summed E-state index contributed by atoms with van der Waals surface area (Å²) in [5, 5.41) is 15.4. The SMILES string of the molecule is CC(=O)N(c1nnc(Sc2nc(C)nc3scc(-c4cccs4)c23)s1)C1CC1. The number of anilines is 1. The fourth-order valence-corrected chi connectivity index (χ4v) is 6.93. The number of fused-ring (bicyclic) bond motifs is 1. The third kappa shape index (κ3) is 3.34. The van der Waals surface area contributed by atoms with Crippen LogP contribution >= 0.6 is 45.8 Å². The number of aromatic nitrogens is 4. The third-order valence-corrected chi connectivity index (χ3v) is 8.07. The molecule has 1 saturated carbocycles. The number of amides is 1. The zero-order chi connectivity index (χ0) is 19.3. The van der Waals surface area contributed by atoms with Gasteiger partial charge in [-0.05, 0) is 43.0 Å². The van der Waals surface area contributed by atoms with Gasteiger partial charge in [0.1, 0.15) is 15.7 Å². The van der Waals surface area contributed by atoms with Crippen molar-refractivity contribution in [1.29, 1.82) is 0 Å². The third-order valence-electron chi connectivity index (χ3n) is 4.34. The molecule has 4 aromatic heterocycles. The van der Waals surface area contributed by atoms with E-state index in [0.29, 0.717) is 5.13 Å². The summed E-state index contributed by atoms with van der Waals surface area (Å²) in [5.74, 6) is 0.760. The fraction of sp³-hybridized carbons (Fsp3) is 0.278. The van der Waals surface area contributed by atoms with Gasteiger partial charge >= 0.3 is 0 Å². The van der Waals surface area contributed by atoms with E-state index in [2.05, 4.69) is 38.1 Å². The van der Waals surface area contributed by atoms with Crippen molar-refractivity contribution in [2.75, 3.05) is 4.90 Å². The fourth-order valence-electron chi connectivity index (χ4n) is 3.00. The van der Waals surface area contributed by atoms with Gasteiger partial charge in [0.15, 0.2) is 4.34 Å². The lowest BCUT2D eigenvalue weighted by Crippen LogP contribution is -2.30. The molecule has 0 N–H and O–H groups in total. The summed E-state index contributed by atoms with van der Waals surface area (Å²) < 4.78 is 0.782. The van der Waals surface area contributed by atoms with Crippen LogP contribution in [-0.2, 0) is 4.79 Å². The lowest BCUT2D eigenvalue weighted by molar-refractivity contribution is -0.116. The standard InChI is InChI=1S/C18H15N5OS4/c1-9-19-15-14(12(8-26-15)13-4-3-7-25-13)16(20-9)27-18-22-21-17(28-18)23(10(2)24)11-5-6-11/h3-4,7-8,11H,5-6H2,1-2H3. The van der Waals surface area contributed by atoms with Gasteiger partial charge in [-0.15, -0.1) is 32.9 Å². The molecule has 1 aliphatic rings. The summed E-state index contributed by atoms with van der Waals surface area (Å²) in [4.78, 5) is 25.3. The van der Waals surface area contributed by atoms with E-state index >= 15 is 0 Å². The largest absolute Gasteiger partial charge is 0.284 e.